The van der Waals surface area contributed by atoms with Crippen molar-refractivity contribution in [2.75, 3.05) is 18.5 Å². The lowest BCUT2D eigenvalue weighted by Gasteiger charge is -2.42. The van der Waals surface area contributed by atoms with Gasteiger partial charge in [-0.2, -0.15) is 13.2 Å². The van der Waals surface area contributed by atoms with Crippen LogP contribution in [0.4, 0.5) is 19.0 Å². The number of fused-ring (bicyclic) bond motifs is 1. The first-order valence-electron chi connectivity index (χ1n) is 8.55. The van der Waals surface area contributed by atoms with Gasteiger partial charge in [-0.15, -0.1) is 0 Å². The monoisotopic (exact) mass is 376 g/mol. The molecule has 0 bridgehead atoms. The van der Waals surface area contributed by atoms with Gasteiger partial charge in [0.25, 0.3) is 5.91 Å². The third kappa shape index (κ3) is 3.66. The second kappa shape index (κ2) is 6.41. The van der Waals surface area contributed by atoms with Crippen molar-refractivity contribution in [1.82, 2.24) is 14.5 Å². The summed E-state index contributed by atoms with van der Waals surface area (Å²) in [6, 6.07) is 0. The average Bonchev–Trinajstić information content (AvgIpc) is 2.93. The molecule has 26 heavy (non-hydrogen) atoms. The van der Waals surface area contributed by atoms with Crippen molar-refractivity contribution in [2.24, 2.45) is 5.92 Å². The molecule has 0 saturated heterocycles. The van der Waals surface area contributed by atoms with E-state index in [2.05, 4.69) is 4.98 Å². The van der Waals surface area contributed by atoms with Crippen molar-refractivity contribution in [3.8, 4) is 0 Å². The number of halogens is 3. The minimum Gasteiger partial charge on any atom is -0.390 e. The highest BCUT2D eigenvalue weighted by atomic mass is 19.4. The molecule has 1 unspecified atom stereocenters. The van der Waals surface area contributed by atoms with E-state index < -0.39 is 30.6 Å². The molecule has 0 radical (unpaired) electrons. The van der Waals surface area contributed by atoms with Crippen LogP contribution in [-0.4, -0.2) is 62.3 Å². The maximum absolute atomic E-state index is 12.8. The van der Waals surface area contributed by atoms with E-state index in [1.807, 2.05) is 0 Å². The Morgan fingerprint density at radius 2 is 1.96 bits per heavy atom. The number of hydrogen-bond donors (Lipinski definition) is 2. The summed E-state index contributed by atoms with van der Waals surface area (Å²) >= 11 is 0. The standard InChI is InChI=1S/C16H23F3N4O3/c1-15(26)5-3-10(4-6-15)7-23-13(24)11-12(21(2)14(23)25)20-9-22(11)8-16(17,18)19/h9-10,14,25-26H,3-8H2,1-2H3/t10-,14?,15+. The molecule has 1 saturated carbocycles. The van der Waals surface area contributed by atoms with Gasteiger partial charge in [0, 0.05) is 13.6 Å². The number of carbonyl (C=O) groups excluding carboxylic acids is 1. The van der Waals surface area contributed by atoms with Gasteiger partial charge >= 0.3 is 6.18 Å². The molecule has 1 aliphatic carbocycles. The summed E-state index contributed by atoms with van der Waals surface area (Å²) in [7, 11) is 1.49. The molecule has 1 aromatic rings. The van der Waals surface area contributed by atoms with Crippen LogP contribution in [0.2, 0.25) is 0 Å². The van der Waals surface area contributed by atoms with Crippen LogP contribution in [0.25, 0.3) is 0 Å². The smallest absolute Gasteiger partial charge is 0.390 e. The number of aliphatic hydroxyl groups is 2. The molecule has 3 rings (SSSR count). The molecular formula is C16H23F3N4O3. The van der Waals surface area contributed by atoms with Crippen molar-refractivity contribution in [3.05, 3.63) is 12.0 Å². The summed E-state index contributed by atoms with van der Waals surface area (Å²) < 4.78 is 39.1. The summed E-state index contributed by atoms with van der Waals surface area (Å²) in [6.45, 7) is 0.669. The van der Waals surface area contributed by atoms with Crippen molar-refractivity contribution in [3.63, 3.8) is 0 Å². The van der Waals surface area contributed by atoms with Crippen LogP contribution in [0.5, 0.6) is 0 Å². The topological polar surface area (TPSA) is 81.8 Å². The van der Waals surface area contributed by atoms with Crippen molar-refractivity contribution >= 4 is 11.7 Å². The second-order valence-electron chi connectivity index (χ2n) is 7.52. The maximum atomic E-state index is 12.8. The Morgan fingerprint density at radius 1 is 1.35 bits per heavy atom. The van der Waals surface area contributed by atoms with E-state index in [1.165, 1.54) is 16.8 Å². The van der Waals surface area contributed by atoms with E-state index in [0.717, 1.165) is 10.9 Å². The Hall–Kier alpha value is -1.81. The zero-order chi connectivity index (χ0) is 19.3. The van der Waals surface area contributed by atoms with Crippen LogP contribution in [-0.2, 0) is 6.54 Å². The summed E-state index contributed by atoms with van der Waals surface area (Å²) in [5.41, 5.74) is -0.894. The van der Waals surface area contributed by atoms with Gasteiger partial charge in [-0.1, -0.05) is 0 Å². The van der Waals surface area contributed by atoms with Crippen molar-refractivity contribution in [2.45, 2.75) is 57.3 Å². The van der Waals surface area contributed by atoms with Crippen LogP contribution in [0.1, 0.15) is 43.1 Å². The van der Waals surface area contributed by atoms with E-state index in [0.29, 0.717) is 25.7 Å². The number of anilines is 1. The molecule has 7 nitrogen and oxygen atoms in total. The summed E-state index contributed by atoms with van der Waals surface area (Å²) in [6.07, 6.45) is -2.26. The fourth-order valence-electron chi connectivity index (χ4n) is 3.66. The predicted molar refractivity (Wildman–Crippen MR) is 86.3 cm³/mol. The largest absolute Gasteiger partial charge is 0.406 e. The third-order valence-corrected chi connectivity index (χ3v) is 5.23. The molecule has 1 aliphatic heterocycles. The maximum Gasteiger partial charge on any atom is 0.406 e. The number of nitrogens with zero attached hydrogens (tertiary/aromatic N) is 4. The fourth-order valence-corrected chi connectivity index (χ4v) is 3.66. The molecule has 0 spiro atoms. The SMILES string of the molecule is CN1c2ncn(CC(F)(F)F)c2C(=O)N(C[C@H]2CC[C@@](C)(O)CC2)C1O. The van der Waals surface area contributed by atoms with Gasteiger partial charge < -0.3 is 19.7 Å². The van der Waals surface area contributed by atoms with Crippen LogP contribution < -0.4 is 4.90 Å². The molecule has 2 heterocycles. The molecule has 1 atom stereocenters. The highest BCUT2D eigenvalue weighted by Crippen LogP contribution is 2.35. The van der Waals surface area contributed by atoms with E-state index in [-0.39, 0.29) is 24.0 Å². The van der Waals surface area contributed by atoms with Gasteiger partial charge in [0.2, 0.25) is 6.35 Å². The zero-order valence-corrected chi connectivity index (χ0v) is 14.7. The van der Waals surface area contributed by atoms with Gasteiger partial charge in [0.05, 0.1) is 11.9 Å². The van der Waals surface area contributed by atoms with Gasteiger partial charge in [-0.25, -0.2) is 4.98 Å². The van der Waals surface area contributed by atoms with Gasteiger partial charge in [-0.3, -0.25) is 9.69 Å². The van der Waals surface area contributed by atoms with E-state index >= 15 is 0 Å². The summed E-state index contributed by atoms with van der Waals surface area (Å²) in [5.74, 6) is -0.554. The van der Waals surface area contributed by atoms with Crippen molar-refractivity contribution < 1.29 is 28.2 Å². The van der Waals surface area contributed by atoms with Crippen LogP contribution in [0.15, 0.2) is 6.33 Å². The van der Waals surface area contributed by atoms with Gasteiger partial charge in [-0.05, 0) is 38.5 Å². The van der Waals surface area contributed by atoms with E-state index in [4.69, 9.17) is 0 Å². The Balaban J connectivity index is 1.81. The number of imidazole rings is 1. The minimum atomic E-state index is -4.48. The predicted octanol–water partition coefficient (Wildman–Crippen LogP) is 1.55. The average molecular weight is 376 g/mol. The number of amides is 1. The Bertz CT molecular complexity index is 679. The van der Waals surface area contributed by atoms with Crippen LogP contribution >= 0.6 is 0 Å². The molecule has 1 amide bonds. The van der Waals surface area contributed by atoms with E-state index in [1.54, 1.807) is 6.92 Å². The number of aliphatic hydroxyl groups excluding tert-OH is 1. The lowest BCUT2D eigenvalue weighted by atomic mass is 9.80. The molecule has 2 aliphatic rings. The number of aromatic nitrogens is 2. The fraction of sp³-hybridized carbons (Fsp3) is 0.750. The normalized spacial score (nSPS) is 29.9. The number of hydrogen-bond acceptors (Lipinski definition) is 5. The highest BCUT2D eigenvalue weighted by Gasteiger charge is 2.42. The van der Waals surface area contributed by atoms with Crippen LogP contribution in [0.3, 0.4) is 0 Å². The summed E-state index contributed by atoms with van der Waals surface area (Å²) in [4.78, 5) is 19.2. The first-order chi connectivity index (χ1) is 12.0. The molecule has 10 heteroatoms. The Kier molecular flexibility index (Phi) is 4.68. The lowest BCUT2D eigenvalue weighted by molar-refractivity contribution is -0.140. The third-order valence-electron chi connectivity index (χ3n) is 5.23. The first-order valence-corrected chi connectivity index (χ1v) is 8.55. The van der Waals surface area contributed by atoms with Crippen LogP contribution in [0, 0.1) is 5.92 Å². The van der Waals surface area contributed by atoms with E-state index in [9.17, 15) is 28.2 Å². The summed E-state index contributed by atoms with van der Waals surface area (Å²) in [5, 5.41) is 20.5. The number of carbonyl (C=O) groups is 1. The second-order valence-corrected chi connectivity index (χ2v) is 7.52. The van der Waals surface area contributed by atoms with Gasteiger partial charge in [0.15, 0.2) is 11.5 Å². The molecule has 2 N–H and O–H groups in total. The Labute approximate surface area is 149 Å². The molecule has 146 valence electrons. The van der Waals surface area contributed by atoms with Gasteiger partial charge in [0.1, 0.15) is 6.54 Å². The number of rotatable bonds is 3. The lowest BCUT2D eigenvalue weighted by Crippen LogP contribution is -2.56. The Morgan fingerprint density at radius 3 is 2.54 bits per heavy atom. The molecule has 1 fully saturated rings. The molecular weight excluding hydrogens is 353 g/mol. The highest BCUT2D eigenvalue weighted by molar-refractivity contribution is 5.99. The first kappa shape index (κ1) is 19.0. The molecule has 1 aromatic heterocycles. The minimum absolute atomic E-state index is 0.0366. The zero-order valence-electron chi connectivity index (χ0n) is 14.7. The quantitative estimate of drug-likeness (QED) is 0.837. The number of alkyl halides is 3. The van der Waals surface area contributed by atoms with Crippen molar-refractivity contribution in [1.29, 1.82) is 0 Å². The molecule has 0 aromatic carbocycles.